The van der Waals surface area contributed by atoms with Gasteiger partial charge in [-0.15, -0.1) is 11.3 Å². The first-order chi connectivity index (χ1) is 17.2. The van der Waals surface area contributed by atoms with Crippen LogP contribution < -0.4 is 15.0 Å². The number of esters is 1. The van der Waals surface area contributed by atoms with Crippen LogP contribution in [-0.4, -0.2) is 35.3 Å². The second-order valence-corrected chi connectivity index (χ2v) is 10.4. The fraction of sp³-hybridized carbons (Fsp3) is 0.321. The lowest BCUT2D eigenvalue weighted by Gasteiger charge is -2.19. The van der Waals surface area contributed by atoms with Gasteiger partial charge in [0.25, 0.3) is 5.56 Å². The number of carbonyl (C=O) groups is 1. The third-order valence-corrected chi connectivity index (χ3v) is 6.93. The van der Waals surface area contributed by atoms with Gasteiger partial charge in [-0.2, -0.15) is 0 Å². The molecule has 0 saturated heterocycles. The minimum Gasteiger partial charge on any atom is -0.492 e. The molecular formula is C28H30N2O5S. The van der Waals surface area contributed by atoms with Crippen LogP contribution >= 0.6 is 11.3 Å². The molecule has 7 nitrogen and oxygen atoms in total. The average Bonchev–Trinajstić information content (AvgIpc) is 3.20. The lowest BCUT2D eigenvalue weighted by Crippen LogP contribution is -2.23. The van der Waals surface area contributed by atoms with Gasteiger partial charge in [0.15, 0.2) is 0 Å². The van der Waals surface area contributed by atoms with E-state index in [2.05, 4.69) is 37.9 Å². The highest BCUT2D eigenvalue weighted by Crippen LogP contribution is 2.27. The summed E-state index contributed by atoms with van der Waals surface area (Å²) < 4.78 is 18.3. The van der Waals surface area contributed by atoms with Gasteiger partial charge in [0.05, 0.1) is 18.3 Å². The summed E-state index contributed by atoms with van der Waals surface area (Å²) in [5, 5.41) is 0.435. The first kappa shape index (κ1) is 25.4. The minimum absolute atomic E-state index is 0.0759. The van der Waals surface area contributed by atoms with Gasteiger partial charge in [-0.25, -0.2) is 9.78 Å². The molecule has 4 aromatic rings. The van der Waals surface area contributed by atoms with Crippen LogP contribution in [0, 0.1) is 6.92 Å². The number of para-hydroxylation sites is 1. The van der Waals surface area contributed by atoms with Crippen molar-refractivity contribution < 1.29 is 19.0 Å². The molecule has 4 rings (SSSR count). The van der Waals surface area contributed by atoms with Crippen LogP contribution in [0.15, 0.2) is 65.7 Å². The summed E-state index contributed by atoms with van der Waals surface area (Å²) in [6.45, 7) is 9.24. The molecule has 0 aliphatic rings. The number of carbonyl (C=O) groups excluding carboxylic acids is 1. The van der Waals surface area contributed by atoms with Crippen molar-refractivity contribution in [2.75, 3.05) is 19.8 Å². The van der Waals surface area contributed by atoms with E-state index in [9.17, 15) is 9.59 Å². The molecular weight excluding hydrogens is 476 g/mol. The molecule has 0 atom stereocenters. The van der Waals surface area contributed by atoms with E-state index in [0.717, 1.165) is 17.1 Å². The number of hydrogen-bond acceptors (Lipinski definition) is 7. The lowest BCUT2D eigenvalue weighted by molar-refractivity contribution is 0.0455. The zero-order valence-corrected chi connectivity index (χ0v) is 21.8. The molecule has 8 heteroatoms. The Morgan fingerprint density at radius 2 is 1.61 bits per heavy atom. The predicted molar refractivity (Wildman–Crippen MR) is 141 cm³/mol. The first-order valence-corrected chi connectivity index (χ1v) is 12.6. The Labute approximate surface area is 214 Å². The quantitative estimate of drug-likeness (QED) is 0.224. The van der Waals surface area contributed by atoms with Gasteiger partial charge in [0, 0.05) is 0 Å². The molecule has 0 radical (unpaired) electrons. The second kappa shape index (κ2) is 11.0. The predicted octanol–water partition coefficient (Wildman–Crippen LogP) is 5.38. The molecule has 0 fully saturated rings. The molecule has 0 amide bonds. The fourth-order valence-electron chi connectivity index (χ4n) is 3.70. The Morgan fingerprint density at radius 1 is 0.944 bits per heavy atom. The molecule has 0 unspecified atom stereocenters. The molecule has 188 valence electrons. The molecule has 2 heterocycles. The summed E-state index contributed by atoms with van der Waals surface area (Å²) in [5.74, 6) is 0.973. The number of fused-ring (bicyclic) bond motifs is 1. The van der Waals surface area contributed by atoms with Crippen LogP contribution in [0.25, 0.3) is 10.2 Å². The molecule has 0 aliphatic carbocycles. The molecule has 2 aromatic heterocycles. The van der Waals surface area contributed by atoms with Crippen molar-refractivity contribution in [1.29, 1.82) is 0 Å². The lowest BCUT2D eigenvalue weighted by atomic mass is 9.87. The summed E-state index contributed by atoms with van der Waals surface area (Å²) in [6, 6.07) is 17.3. The fourth-order valence-corrected chi connectivity index (χ4v) is 4.74. The average molecular weight is 507 g/mol. The molecule has 2 aromatic carbocycles. The maximum atomic E-state index is 13.1. The number of benzene rings is 2. The van der Waals surface area contributed by atoms with Gasteiger partial charge in [-0.1, -0.05) is 51.1 Å². The zero-order valence-electron chi connectivity index (χ0n) is 20.9. The SMILES string of the molecule is Cc1c(C(=O)OCCOc2ccccc2)sc2ncn(CCOc3ccc(C(C)(C)C)cc3)c(=O)c12. The molecule has 0 saturated carbocycles. The van der Waals surface area contributed by atoms with Crippen molar-refractivity contribution in [1.82, 2.24) is 9.55 Å². The third-order valence-electron chi connectivity index (χ3n) is 5.75. The van der Waals surface area contributed by atoms with Crippen molar-refractivity contribution in [2.24, 2.45) is 0 Å². The number of ether oxygens (including phenoxy) is 3. The standard InChI is InChI=1S/C28H30N2O5S/c1-19-23-25(36-24(19)27(32)35-17-16-34-21-8-6-5-7-9-21)29-18-30(26(23)31)14-15-33-22-12-10-20(11-13-22)28(2,3)4/h5-13,18H,14-17H2,1-4H3. The van der Waals surface area contributed by atoms with Gasteiger partial charge >= 0.3 is 5.97 Å². The maximum absolute atomic E-state index is 13.1. The van der Waals surface area contributed by atoms with Crippen molar-refractivity contribution in [3.05, 3.63) is 87.3 Å². The highest BCUT2D eigenvalue weighted by atomic mass is 32.1. The van der Waals surface area contributed by atoms with Crippen molar-refractivity contribution in [3.8, 4) is 11.5 Å². The Hall–Kier alpha value is -3.65. The first-order valence-electron chi connectivity index (χ1n) is 11.8. The number of nitrogens with zero attached hydrogens (tertiary/aromatic N) is 2. The van der Waals surface area contributed by atoms with E-state index >= 15 is 0 Å². The largest absolute Gasteiger partial charge is 0.492 e. The summed E-state index contributed by atoms with van der Waals surface area (Å²) in [7, 11) is 0. The van der Waals surface area contributed by atoms with Crippen LogP contribution in [0.1, 0.15) is 41.6 Å². The molecule has 0 bridgehead atoms. The minimum atomic E-state index is -0.486. The summed E-state index contributed by atoms with van der Waals surface area (Å²) in [6.07, 6.45) is 1.50. The molecule has 0 N–H and O–H groups in total. The van der Waals surface area contributed by atoms with E-state index in [1.807, 2.05) is 42.5 Å². The Kier molecular flexibility index (Phi) is 7.74. The van der Waals surface area contributed by atoms with Crippen molar-refractivity contribution in [3.63, 3.8) is 0 Å². The van der Waals surface area contributed by atoms with Gasteiger partial charge in [0.2, 0.25) is 0 Å². The van der Waals surface area contributed by atoms with Gasteiger partial charge in [0.1, 0.15) is 41.0 Å². The summed E-state index contributed by atoms with van der Waals surface area (Å²) >= 11 is 1.16. The molecule has 36 heavy (non-hydrogen) atoms. The number of aryl methyl sites for hydroxylation is 1. The number of thiophene rings is 1. The maximum Gasteiger partial charge on any atom is 0.348 e. The van der Waals surface area contributed by atoms with Crippen LogP contribution in [-0.2, 0) is 16.7 Å². The van der Waals surface area contributed by atoms with Crippen LogP contribution in [0.2, 0.25) is 0 Å². The van der Waals surface area contributed by atoms with Gasteiger partial charge in [-0.3, -0.25) is 9.36 Å². The van der Waals surface area contributed by atoms with E-state index in [1.165, 1.54) is 16.5 Å². The monoisotopic (exact) mass is 506 g/mol. The Morgan fingerprint density at radius 3 is 2.31 bits per heavy atom. The van der Waals surface area contributed by atoms with Crippen LogP contribution in [0.5, 0.6) is 11.5 Å². The molecule has 0 aliphatic heterocycles. The zero-order chi connectivity index (χ0) is 25.7. The Bertz CT molecular complexity index is 1390. The van der Waals surface area contributed by atoms with Gasteiger partial charge < -0.3 is 14.2 Å². The van der Waals surface area contributed by atoms with E-state index in [-0.39, 0.29) is 24.2 Å². The molecule has 0 spiro atoms. The number of rotatable bonds is 9. The van der Waals surface area contributed by atoms with E-state index in [1.54, 1.807) is 6.92 Å². The van der Waals surface area contributed by atoms with Crippen molar-refractivity contribution >= 4 is 27.5 Å². The summed E-state index contributed by atoms with van der Waals surface area (Å²) in [4.78, 5) is 31.0. The van der Waals surface area contributed by atoms with Crippen LogP contribution in [0.3, 0.4) is 0 Å². The summed E-state index contributed by atoms with van der Waals surface area (Å²) in [5.41, 5.74) is 1.68. The highest BCUT2D eigenvalue weighted by Gasteiger charge is 2.20. The topological polar surface area (TPSA) is 79.7 Å². The smallest absolute Gasteiger partial charge is 0.348 e. The Balaban J connectivity index is 1.37. The van der Waals surface area contributed by atoms with E-state index in [0.29, 0.717) is 39.6 Å². The number of hydrogen-bond donors (Lipinski definition) is 0. The van der Waals surface area contributed by atoms with Crippen molar-refractivity contribution in [2.45, 2.75) is 39.7 Å². The normalized spacial score (nSPS) is 11.4. The van der Waals surface area contributed by atoms with Crippen LogP contribution in [0.4, 0.5) is 0 Å². The number of aromatic nitrogens is 2. The third kappa shape index (κ3) is 5.94. The van der Waals surface area contributed by atoms with Gasteiger partial charge in [-0.05, 0) is 47.7 Å². The highest BCUT2D eigenvalue weighted by molar-refractivity contribution is 7.20. The van der Waals surface area contributed by atoms with E-state index in [4.69, 9.17) is 14.2 Å². The van der Waals surface area contributed by atoms with E-state index < -0.39 is 5.97 Å². The second-order valence-electron chi connectivity index (χ2n) is 9.40.